The molecule has 0 aliphatic carbocycles. The molecule has 0 fully saturated rings. The fourth-order valence-corrected chi connectivity index (χ4v) is 3.64. The molecular formula is C21H23N7O2. The van der Waals surface area contributed by atoms with Crippen LogP contribution < -0.4 is 27.5 Å². The van der Waals surface area contributed by atoms with Gasteiger partial charge in [-0.25, -0.2) is 4.98 Å². The van der Waals surface area contributed by atoms with Gasteiger partial charge in [-0.05, 0) is 43.2 Å². The van der Waals surface area contributed by atoms with E-state index in [2.05, 4.69) is 38.8 Å². The molecule has 3 aromatic rings. The number of nitrogens with two attached hydrogens (primary N) is 2. The second-order valence-corrected chi connectivity index (χ2v) is 7.01. The van der Waals surface area contributed by atoms with Gasteiger partial charge in [-0.1, -0.05) is 18.2 Å². The quantitative estimate of drug-likeness (QED) is 0.505. The first kappa shape index (κ1) is 19.6. The van der Waals surface area contributed by atoms with Crippen LogP contribution in [0.2, 0.25) is 0 Å². The van der Waals surface area contributed by atoms with Crippen molar-refractivity contribution in [2.24, 2.45) is 5.73 Å². The minimum atomic E-state index is -0.868. The van der Waals surface area contributed by atoms with Gasteiger partial charge in [-0.2, -0.15) is 4.98 Å². The number of nitrogens with one attached hydrogen (secondary N) is 2. The van der Waals surface area contributed by atoms with Crippen LogP contribution in [0.25, 0.3) is 16.6 Å². The van der Waals surface area contributed by atoms with Crippen LogP contribution in [0.3, 0.4) is 0 Å². The molecule has 9 heteroatoms. The van der Waals surface area contributed by atoms with Crippen molar-refractivity contribution < 1.29 is 4.79 Å². The van der Waals surface area contributed by atoms with E-state index in [1.807, 2.05) is 19.1 Å². The number of anilines is 3. The van der Waals surface area contributed by atoms with Crippen molar-refractivity contribution in [3.63, 3.8) is 0 Å². The van der Waals surface area contributed by atoms with Crippen LogP contribution in [0.4, 0.5) is 17.5 Å². The van der Waals surface area contributed by atoms with E-state index in [0.29, 0.717) is 18.1 Å². The number of aromatic nitrogens is 3. The predicted molar refractivity (Wildman–Crippen MR) is 118 cm³/mol. The molecule has 154 valence electrons. The number of fused-ring (bicyclic) bond motifs is 1. The highest BCUT2D eigenvalue weighted by Gasteiger charge is 2.20. The van der Waals surface area contributed by atoms with Gasteiger partial charge in [0.05, 0.1) is 5.39 Å². The Kier molecular flexibility index (Phi) is 5.20. The molecule has 0 atom stereocenters. The molecule has 0 saturated carbocycles. The van der Waals surface area contributed by atoms with Crippen LogP contribution >= 0.6 is 0 Å². The van der Waals surface area contributed by atoms with Crippen molar-refractivity contribution in [2.45, 2.75) is 19.9 Å². The Balaban J connectivity index is 1.68. The lowest BCUT2D eigenvalue weighted by atomic mass is 10.0. The summed E-state index contributed by atoms with van der Waals surface area (Å²) in [7, 11) is 0. The average Bonchev–Trinajstić information content (AvgIpc) is 2.75. The number of nitrogens with zero attached hydrogens (tertiary/aromatic N) is 3. The number of carbonyl (C=O) groups is 1. The topological polar surface area (TPSA) is 141 Å². The van der Waals surface area contributed by atoms with E-state index in [-0.39, 0.29) is 16.8 Å². The molecule has 1 amide bonds. The zero-order valence-electron chi connectivity index (χ0n) is 16.6. The summed E-state index contributed by atoms with van der Waals surface area (Å²) in [6, 6.07) is 8.03. The Bertz CT molecular complexity index is 1210. The van der Waals surface area contributed by atoms with Gasteiger partial charge in [0.1, 0.15) is 11.4 Å². The van der Waals surface area contributed by atoms with Crippen LogP contribution in [0.5, 0.6) is 0 Å². The number of hydrogen-bond acceptors (Lipinski definition) is 7. The van der Waals surface area contributed by atoms with E-state index in [1.165, 1.54) is 17.3 Å². The van der Waals surface area contributed by atoms with E-state index in [4.69, 9.17) is 11.5 Å². The van der Waals surface area contributed by atoms with Crippen molar-refractivity contribution in [2.75, 3.05) is 24.1 Å². The molecule has 1 aliphatic heterocycles. The van der Waals surface area contributed by atoms with Gasteiger partial charge in [-0.15, -0.1) is 0 Å². The lowest BCUT2D eigenvalue weighted by molar-refractivity contribution is 0.1000. The normalized spacial score (nSPS) is 13.8. The third-order valence-electron chi connectivity index (χ3n) is 5.18. The minimum Gasteiger partial charge on any atom is -0.384 e. The summed E-state index contributed by atoms with van der Waals surface area (Å²) in [5.74, 6) is -0.538. The maximum Gasteiger partial charge on any atom is 0.256 e. The van der Waals surface area contributed by atoms with Crippen LogP contribution in [-0.4, -0.2) is 33.5 Å². The molecule has 0 unspecified atom stereocenters. The van der Waals surface area contributed by atoms with Gasteiger partial charge in [0.15, 0.2) is 5.65 Å². The maximum atomic E-state index is 12.6. The van der Waals surface area contributed by atoms with E-state index in [1.54, 1.807) is 4.57 Å². The second-order valence-electron chi connectivity index (χ2n) is 7.01. The Hall–Kier alpha value is -3.72. The van der Waals surface area contributed by atoms with Crippen LogP contribution in [0, 0.1) is 0 Å². The van der Waals surface area contributed by atoms with Crippen molar-refractivity contribution >= 4 is 40.0 Å². The first-order valence-electron chi connectivity index (χ1n) is 9.75. The smallest absolute Gasteiger partial charge is 0.256 e. The molecule has 30 heavy (non-hydrogen) atoms. The molecule has 6 N–H and O–H groups in total. The van der Waals surface area contributed by atoms with Crippen LogP contribution in [0.1, 0.15) is 29.3 Å². The molecule has 1 aliphatic rings. The molecule has 9 nitrogen and oxygen atoms in total. The van der Waals surface area contributed by atoms with Gasteiger partial charge in [0.25, 0.3) is 5.91 Å². The van der Waals surface area contributed by atoms with Gasteiger partial charge >= 0.3 is 0 Å². The number of rotatable bonds is 5. The molecule has 0 saturated heterocycles. The molecular weight excluding hydrogens is 382 g/mol. The fraction of sp³-hybridized carbons (Fsp3) is 0.238. The van der Waals surface area contributed by atoms with Crippen molar-refractivity contribution in [1.29, 1.82) is 0 Å². The first-order chi connectivity index (χ1) is 14.5. The largest absolute Gasteiger partial charge is 0.384 e. The van der Waals surface area contributed by atoms with E-state index >= 15 is 0 Å². The number of amides is 1. The Morgan fingerprint density at radius 3 is 2.70 bits per heavy atom. The molecule has 0 bridgehead atoms. The monoisotopic (exact) mass is 405 g/mol. The highest BCUT2D eigenvalue weighted by Crippen LogP contribution is 2.23. The van der Waals surface area contributed by atoms with Crippen molar-refractivity contribution in [1.82, 2.24) is 19.9 Å². The summed E-state index contributed by atoms with van der Waals surface area (Å²) in [6.45, 7) is 4.13. The summed E-state index contributed by atoms with van der Waals surface area (Å²) in [4.78, 5) is 33.0. The zero-order chi connectivity index (χ0) is 21.3. The Morgan fingerprint density at radius 1 is 1.30 bits per heavy atom. The first-order valence-corrected chi connectivity index (χ1v) is 9.75. The van der Waals surface area contributed by atoms with E-state index < -0.39 is 11.3 Å². The third kappa shape index (κ3) is 3.50. The summed E-state index contributed by atoms with van der Waals surface area (Å²) < 4.78 is 1.58. The minimum absolute atomic E-state index is 0.00625. The van der Waals surface area contributed by atoms with Crippen molar-refractivity contribution in [3.8, 4) is 0 Å². The zero-order valence-corrected chi connectivity index (χ0v) is 16.6. The summed E-state index contributed by atoms with van der Waals surface area (Å²) in [5, 5.41) is 6.65. The SMILES string of the molecule is CCn1c(N)c(C(N)=O)c(=O)c2cnc(Nc3ccc(C4=CCNCC4)cc3)nc21. The van der Waals surface area contributed by atoms with E-state index in [9.17, 15) is 9.59 Å². The van der Waals surface area contributed by atoms with Gasteiger partial charge in [0, 0.05) is 25.0 Å². The van der Waals surface area contributed by atoms with Crippen LogP contribution in [0.15, 0.2) is 41.3 Å². The van der Waals surface area contributed by atoms with E-state index in [0.717, 1.165) is 25.2 Å². The number of benzene rings is 1. The molecule has 4 rings (SSSR count). The van der Waals surface area contributed by atoms with Gasteiger partial charge < -0.3 is 26.7 Å². The maximum absolute atomic E-state index is 12.6. The lowest BCUT2D eigenvalue weighted by Gasteiger charge is -2.15. The standard InChI is InChI=1S/C21H23N7O2/c1-2-28-18(22)16(19(23)30)17(29)15-11-25-21(27-20(15)28)26-14-5-3-12(4-6-14)13-7-9-24-10-8-13/h3-7,11,24H,2,8-10,22H2,1H3,(H2,23,30)(H,25,26,27). The fourth-order valence-electron chi connectivity index (χ4n) is 3.64. The highest BCUT2D eigenvalue weighted by atomic mass is 16.2. The number of pyridine rings is 1. The Labute approximate surface area is 172 Å². The number of nitrogen functional groups attached to an aromatic ring is 1. The average molecular weight is 405 g/mol. The number of primary amides is 1. The predicted octanol–water partition coefficient (Wildman–Crippen LogP) is 1.61. The van der Waals surface area contributed by atoms with Crippen LogP contribution in [-0.2, 0) is 6.54 Å². The van der Waals surface area contributed by atoms with Gasteiger partial charge in [-0.3, -0.25) is 9.59 Å². The second kappa shape index (κ2) is 7.96. The van der Waals surface area contributed by atoms with Gasteiger partial charge in [0.2, 0.25) is 11.4 Å². The Morgan fingerprint density at radius 2 is 2.07 bits per heavy atom. The summed E-state index contributed by atoms with van der Waals surface area (Å²) in [5.41, 5.74) is 14.2. The molecule has 2 aromatic heterocycles. The number of hydrogen-bond donors (Lipinski definition) is 4. The van der Waals surface area contributed by atoms with Crippen molar-refractivity contribution in [3.05, 3.63) is 57.9 Å². The molecule has 0 spiro atoms. The molecule has 1 aromatic carbocycles. The highest BCUT2D eigenvalue weighted by molar-refractivity contribution is 6.00. The number of aryl methyl sites for hydroxylation is 1. The molecule has 3 heterocycles. The summed E-state index contributed by atoms with van der Waals surface area (Å²) in [6.07, 6.45) is 4.59. The number of carbonyl (C=O) groups excluding carboxylic acids is 1. The molecule has 0 radical (unpaired) electrons. The summed E-state index contributed by atoms with van der Waals surface area (Å²) >= 11 is 0. The lowest BCUT2D eigenvalue weighted by Crippen LogP contribution is -2.28. The third-order valence-corrected chi connectivity index (χ3v) is 5.18.